The molecule has 2 aromatic heterocycles. The SMILES string of the molecule is COc1ccc2c(c1)C(=O)N(C)C2.Cc1cnc2cc(C3NC(=O)NC3=O)oc2c1. The lowest BCUT2D eigenvalue weighted by Crippen LogP contribution is -2.22. The fourth-order valence-electron chi connectivity index (χ4n) is 3.35. The van der Waals surface area contributed by atoms with Crippen molar-refractivity contribution < 1.29 is 23.5 Å². The first-order valence-corrected chi connectivity index (χ1v) is 9.25. The van der Waals surface area contributed by atoms with Crippen molar-refractivity contribution in [2.45, 2.75) is 19.5 Å². The summed E-state index contributed by atoms with van der Waals surface area (Å²) in [6.45, 7) is 2.61. The number of furan rings is 1. The van der Waals surface area contributed by atoms with Gasteiger partial charge in [0.15, 0.2) is 11.6 Å². The summed E-state index contributed by atoms with van der Waals surface area (Å²) in [5, 5.41) is 4.63. The van der Waals surface area contributed by atoms with Crippen molar-refractivity contribution in [3.05, 3.63) is 59.0 Å². The summed E-state index contributed by atoms with van der Waals surface area (Å²) in [5.41, 5.74) is 4.09. The number of methoxy groups -OCH3 is 1. The average Bonchev–Trinajstić information content (AvgIpc) is 3.37. The number of aromatic nitrogens is 1. The zero-order valence-electron chi connectivity index (χ0n) is 16.7. The van der Waals surface area contributed by atoms with Crippen LogP contribution in [-0.4, -0.2) is 41.9 Å². The Morgan fingerprint density at radius 3 is 2.70 bits per heavy atom. The third kappa shape index (κ3) is 3.57. The smallest absolute Gasteiger partial charge is 0.322 e. The number of carbonyl (C=O) groups excluding carboxylic acids is 3. The topological polar surface area (TPSA) is 114 Å². The molecule has 4 heterocycles. The van der Waals surface area contributed by atoms with Crippen LogP contribution in [0.25, 0.3) is 11.1 Å². The van der Waals surface area contributed by atoms with Gasteiger partial charge in [-0.15, -0.1) is 0 Å². The third-order valence-corrected chi connectivity index (χ3v) is 4.89. The molecule has 0 bridgehead atoms. The number of hydrogen-bond acceptors (Lipinski definition) is 6. The van der Waals surface area contributed by atoms with E-state index in [1.165, 1.54) is 0 Å². The number of aryl methyl sites for hydroxylation is 1. The van der Waals surface area contributed by atoms with Gasteiger partial charge in [0.2, 0.25) is 0 Å². The second-order valence-corrected chi connectivity index (χ2v) is 7.12. The van der Waals surface area contributed by atoms with Gasteiger partial charge < -0.3 is 19.4 Å². The number of amides is 4. The zero-order valence-corrected chi connectivity index (χ0v) is 16.7. The van der Waals surface area contributed by atoms with Crippen molar-refractivity contribution >= 4 is 28.9 Å². The Morgan fingerprint density at radius 1 is 1.20 bits per heavy atom. The van der Waals surface area contributed by atoms with Crippen LogP contribution in [-0.2, 0) is 11.3 Å². The summed E-state index contributed by atoms with van der Waals surface area (Å²) < 4.78 is 10.6. The predicted octanol–water partition coefficient (Wildman–Crippen LogP) is 2.30. The van der Waals surface area contributed by atoms with Gasteiger partial charge in [-0.25, -0.2) is 4.79 Å². The van der Waals surface area contributed by atoms with E-state index in [2.05, 4.69) is 15.6 Å². The van der Waals surface area contributed by atoms with E-state index in [1.54, 1.807) is 37.4 Å². The number of fused-ring (bicyclic) bond motifs is 2. The van der Waals surface area contributed by atoms with Crippen LogP contribution in [0.5, 0.6) is 5.75 Å². The molecule has 2 aliphatic rings. The summed E-state index contributed by atoms with van der Waals surface area (Å²) in [7, 11) is 3.40. The number of urea groups is 1. The van der Waals surface area contributed by atoms with Crippen LogP contribution in [0.15, 0.2) is 40.9 Å². The monoisotopic (exact) mass is 408 g/mol. The Labute approximate surface area is 172 Å². The zero-order chi connectivity index (χ0) is 21.4. The quantitative estimate of drug-likeness (QED) is 0.629. The maximum Gasteiger partial charge on any atom is 0.322 e. The summed E-state index contributed by atoms with van der Waals surface area (Å²) >= 11 is 0. The average molecular weight is 408 g/mol. The number of carbonyl (C=O) groups is 3. The summed E-state index contributed by atoms with van der Waals surface area (Å²) in [6, 6.07) is 7.83. The Balaban J connectivity index is 0.000000151. The van der Waals surface area contributed by atoms with E-state index in [0.29, 0.717) is 23.4 Å². The largest absolute Gasteiger partial charge is 0.497 e. The standard InChI is InChI=1S/C11H9N3O3.C10H11NO2/c1-5-2-7-6(12-4-5)3-8(17-7)9-10(15)14-11(16)13-9;1-11-6-7-3-4-8(13-2)5-9(7)10(11)12/h2-4,9H,1H3,(H2,13,14,15,16);3-5H,6H2,1-2H3. The number of nitrogens with zero attached hydrogens (tertiary/aromatic N) is 2. The first-order chi connectivity index (χ1) is 14.4. The van der Waals surface area contributed by atoms with Gasteiger partial charge in [-0.1, -0.05) is 6.07 Å². The highest BCUT2D eigenvalue weighted by Crippen LogP contribution is 2.26. The van der Waals surface area contributed by atoms with Gasteiger partial charge in [0.25, 0.3) is 11.8 Å². The van der Waals surface area contributed by atoms with Gasteiger partial charge in [-0.3, -0.25) is 19.9 Å². The molecule has 9 heteroatoms. The minimum atomic E-state index is -0.767. The fraction of sp³-hybridized carbons (Fsp3) is 0.238. The molecule has 3 aromatic rings. The Morgan fingerprint density at radius 2 is 2.00 bits per heavy atom. The molecule has 154 valence electrons. The van der Waals surface area contributed by atoms with E-state index < -0.39 is 18.0 Å². The first-order valence-electron chi connectivity index (χ1n) is 9.25. The van der Waals surface area contributed by atoms with E-state index in [9.17, 15) is 14.4 Å². The maximum atomic E-state index is 11.5. The number of benzene rings is 1. The van der Waals surface area contributed by atoms with Gasteiger partial charge in [-0.2, -0.15) is 0 Å². The van der Waals surface area contributed by atoms with Crippen LogP contribution >= 0.6 is 0 Å². The van der Waals surface area contributed by atoms with Gasteiger partial charge in [0, 0.05) is 31.4 Å². The van der Waals surface area contributed by atoms with E-state index >= 15 is 0 Å². The highest BCUT2D eigenvalue weighted by Gasteiger charge is 2.33. The number of imide groups is 1. The van der Waals surface area contributed by atoms with E-state index in [-0.39, 0.29) is 5.91 Å². The van der Waals surface area contributed by atoms with Crippen LogP contribution < -0.4 is 15.4 Å². The van der Waals surface area contributed by atoms with Gasteiger partial charge in [-0.05, 0) is 36.2 Å². The number of pyridine rings is 1. The summed E-state index contributed by atoms with van der Waals surface area (Å²) in [4.78, 5) is 39.9. The minimum absolute atomic E-state index is 0.0777. The van der Waals surface area contributed by atoms with Crippen LogP contribution in [0, 0.1) is 6.92 Å². The molecule has 5 rings (SSSR count). The van der Waals surface area contributed by atoms with E-state index in [1.807, 2.05) is 25.1 Å². The lowest BCUT2D eigenvalue weighted by atomic mass is 10.1. The number of rotatable bonds is 2. The molecule has 0 aliphatic carbocycles. The molecule has 0 radical (unpaired) electrons. The number of nitrogens with one attached hydrogen (secondary N) is 2. The molecule has 1 aromatic carbocycles. The Hall–Kier alpha value is -3.88. The van der Waals surface area contributed by atoms with E-state index in [0.717, 1.165) is 22.4 Å². The molecule has 4 amide bonds. The molecule has 1 atom stereocenters. The molecule has 2 N–H and O–H groups in total. The highest BCUT2D eigenvalue weighted by atomic mass is 16.5. The number of hydrogen-bond donors (Lipinski definition) is 2. The molecule has 0 spiro atoms. The Bertz CT molecular complexity index is 1170. The van der Waals surface area contributed by atoms with Gasteiger partial charge in [0.1, 0.15) is 17.0 Å². The van der Waals surface area contributed by atoms with Crippen molar-refractivity contribution in [3.63, 3.8) is 0 Å². The molecular weight excluding hydrogens is 388 g/mol. The number of ether oxygens (including phenoxy) is 1. The van der Waals surface area contributed by atoms with Gasteiger partial charge >= 0.3 is 6.03 Å². The molecule has 0 saturated carbocycles. The summed E-state index contributed by atoms with van der Waals surface area (Å²) in [6.07, 6.45) is 1.72. The van der Waals surface area contributed by atoms with E-state index in [4.69, 9.17) is 9.15 Å². The highest BCUT2D eigenvalue weighted by molar-refractivity contribution is 6.04. The van der Waals surface area contributed by atoms with Gasteiger partial charge in [0.05, 0.1) is 7.11 Å². The van der Waals surface area contributed by atoms with Crippen LogP contribution in [0.1, 0.15) is 33.3 Å². The second-order valence-electron chi connectivity index (χ2n) is 7.12. The van der Waals surface area contributed by atoms with Crippen molar-refractivity contribution in [1.82, 2.24) is 20.5 Å². The molecule has 30 heavy (non-hydrogen) atoms. The van der Waals surface area contributed by atoms with Crippen molar-refractivity contribution in [2.75, 3.05) is 14.2 Å². The fourth-order valence-corrected chi connectivity index (χ4v) is 3.35. The molecular formula is C21H20N4O5. The van der Waals surface area contributed by atoms with Crippen molar-refractivity contribution in [2.24, 2.45) is 0 Å². The third-order valence-electron chi connectivity index (χ3n) is 4.89. The van der Waals surface area contributed by atoms with Crippen LogP contribution in [0.4, 0.5) is 4.79 Å². The second kappa shape index (κ2) is 7.51. The predicted molar refractivity (Wildman–Crippen MR) is 107 cm³/mol. The summed E-state index contributed by atoms with van der Waals surface area (Å²) in [5.74, 6) is 0.795. The molecule has 1 fully saturated rings. The molecule has 1 unspecified atom stereocenters. The molecule has 2 aliphatic heterocycles. The van der Waals surface area contributed by atoms with Crippen LogP contribution in [0.2, 0.25) is 0 Å². The first kappa shape index (κ1) is 19.4. The minimum Gasteiger partial charge on any atom is -0.497 e. The van der Waals surface area contributed by atoms with Crippen molar-refractivity contribution in [1.29, 1.82) is 0 Å². The lowest BCUT2D eigenvalue weighted by molar-refractivity contribution is -0.120. The van der Waals surface area contributed by atoms with Crippen LogP contribution in [0.3, 0.4) is 0 Å². The molecule has 1 saturated heterocycles. The Kier molecular flexibility index (Phi) is 4.86. The normalized spacial score (nSPS) is 17.4. The van der Waals surface area contributed by atoms with Crippen molar-refractivity contribution in [3.8, 4) is 5.75 Å². The maximum absolute atomic E-state index is 11.5. The lowest BCUT2D eigenvalue weighted by Gasteiger charge is -2.04. The molecule has 9 nitrogen and oxygen atoms in total.